The van der Waals surface area contributed by atoms with Crippen molar-refractivity contribution in [3.05, 3.63) is 23.8 Å². The molecule has 2 rings (SSSR count). The minimum atomic E-state index is -0.684. The van der Waals surface area contributed by atoms with E-state index in [1.54, 1.807) is 0 Å². The van der Waals surface area contributed by atoms with Crippen LogP contribution >= 0.6 is 11.9 Å². The van der Waals surface area contributed by atoms with E-state index >= 15 is 0 Å². The SMILES string of the molecule is CCc1cc([B]CC(C)(C)C(C)(C)O)ccc1SNC1CCCCC1. The standard InChI is InChI=1S/C21H35BNOS/c1-6-16-14-17(22-15-20(2,3)21(4,5)24)12-13-19(16)25-23-18-10-8-7-9-11-18/h12-14,18,23-24H,6-11,15H2,1-5H3. The van der Waals surface area contributed by atoms with Crippen LogP contribution in [0.4, 0.5) is 0 Å². The zero-order valence-corrected chi connectivity index (χ0v) is 17.5. The number of hydrogen-bond acceptors (Lipinski definition) is 3. The van der Waals surface area contributed by atoms with E-state index in [1.807, 2.05) is 25.8 Å². The minimum Gasteiger partial charge on any atom is -0.390 e. The number of rotatable bonds is 8. The van der Waals surface area contributed by atoms with E-state index in [1.165, 1.54) is 48.0 Å². The lowest BCUT2D eigenvalue weighted by molar-refractivity contribution is -0.0236. The van der Waals surface area contributed by atoms with Gasteiger partial charge >= 0.3 is 0 Å². The van der Waals surface area contributed by atoms with E-state index in [0.717, 1.165) is 12.7 Å². The fraction of sp³-hybridized carbons (Fsp3) is 0.714. The second-order valence-corrected chi connectivity index (χ2v) is 9.51. The molecule has 1 fully saturated rings. The van der Waals surface area contributed by atoms with Crippen LogP contribution in [0.1, 0.15) is 72.3 Å². The van der Waals surface area contributed by atoms with E-state index < -0.39 is 5.60 Å². The van der Waals surface area contributed by atoms with Crippen LogP contribution < -0.4 is 10.2 Å². The summed E-state index contributed by atoms with van der Waals surface area (Å²) in [6, 6.07) is 7.44. The van der Waals surface area contributed by atoms with Gasteiger partial charge in [0, 0.05) is 10.9 Å². The molecule has 1 aliphatic carbocycles. The average molecular weight is 360 g/mol. The molecule has 0 atom stereocenters. The zero-order chi connectivity index (χ0) is 18.5. The number of aliphatic hydroxyl groups is 1. The summed E-state index contributed by atoms with van der Waals surface area (Å²) in [7, 11) is 2.26. The van der Waals surface area contributed by atoms with Crippen molar-refractivity contribution in [1.29, 1.82) is 0 Å². The summed E-state index contributed by atoms with van der Waals surface area (Å²) in [5, 5.41) is 10.3. The third-order valence-electron chi connectivity index (χ3n) is 5.91. The molecule has 1 radical (unpaired) electrons. The Kier molecular flexibility index (Phi) is 7.48. The molecule has 1 saturated carbocycles. The van der Waals surface area contributed by atoms with Gasteiger partial charge in [0.05, 0.1) is 5.60 Å². The van der Waals surface area contributed by atoms with Crippen molar-refractivity contribution < 1.29 is 5.11 Å². The van der Waals surface area contributed by atoms with Gasteiger partial charge < -0.3 is 5.11 Å². The lowest BCUT2D eigenvalue weighted by Gasteiger charge is -2.37. The van der Waals surface area contributed by atoms with Crippen LogP contribution in [-0.4, -0.2) is 24.0 Å². The van der Waals surface area contributed by atoms with Gasteiger partial charge in [0.1, 0.15) is 0 Å². The van der Waals surface area contributed by atoms with Gasteiger partial charge in [-0.05, 0) is 62.1 Å². The normalized spacial score (nSPS) is 16.9. The molecule has 0 aliphatic heterocycles. The second-order valence-electron chi connectivity index (χ2n) is 8.63. The molecule has 2 N–H and O–H groups in total. The Morgan fingerprint density at radius 3 is 2.44 bits per heavy atom. The summed E-state index contributed by atoms with van der Waals surface area (Å²) in [6.45, 7) is 10.3. The van der Waals surface area contributed by atoms with Crippen LogP contribution in [0, 0.1) is 5.41 Å². The first-order valence-corrected chi connectivity index (χ1v) is 10.7. The van der Waals surface area contributed by atoms with Gasteiger partial charge in [-0.1, -0.05) is 63.9 Å². The smallest absolute Gasteiger partial charge is 0.152 e. The van der Waals surface area contributed by atoms with Crippen molar-refractivity contribution in [1.82, 2.24) is 4.72 Å². The maximum atomic E-state index is 10.3. The second kappa shape index (κ2) is 8.97. The number of benzene rings is 1. The fourth-order valence-corrected chi connectivity index (χ4v) is 4.09. The number of nitrogens with one attached hydrogen (secondary N) is 1. The summed E-state index contributed by atoms with van der Waals surface area (Å²) in [5.74, 6) is 0. The van der Waals surface area contributed by atoms with Crippen molar-refractivity contribution in [2.75, 3.05) is 0 Å². The van der Waals surface area contributed by atoms with Crippen molar-refractivity contribution >= 4 is 24.7 Å². The molecule has 0 saturated heterocycles. The maximum absolute atomic E-state index is 10.3. The Labute approximate surface area is 159 Å². The fourth-order valence-electron chi connectivity index (χ4n) is 3.09. The monoisotopic (exact) mass is 360 g/mol. The largest absolute Gasteiger partial charge is 0.390 e. The molecule has 4 heteroatoms. The van der Waals surface area contributed by atoms with Crippen LogP contribution in [0.2, 0.25) is 6.32 Å². The molecule has 0 aromatic heterocycles. The Balaban J connectivity index is 1.96. The highest BCUT2D eigenvalue weighted by Crippen LogP contribution is 2.34. The highest BCUT2D eigenvalue weighted by atomic mass is 32.2. The van der Waals surface area contributed by atoms with E-state index in [2.05, 4.69) is 51.0 Å². The van der Waals surface area contributed by atoms with Crippen LogP contribution in [0.15, 0.2) is 23.1 Å². The average Bonchev–Trinajstić information content (AvgIpc) is 2.58. The number of hydrogen-bond donors (Lipinski definition) is 2. The molecule has 0 amide bonds. The van der Waals surface area contributed by atoms with Crippen LogP contribution in [0.3, 0.4) is 0 Å². The molecule has 139 valence electrons. The zero-order valence-electron chi connectivity index (χ0n) is 16.7. The molecular formula is C21H35BNOS. The molecule has 1 aromatic rings. The predicted octanol–water partition coefficient (Wildman–Crippen LogP) is 4.72. The topological polar surface area (TPSA) is 32.3 Å². The van der Waals surface area contributed by atoms with Gasteiger partial charge in [-0.15, -0.1) is 0 Å². The summed E-state index contributed by atoms with van der Waals surface area (Å²) < 4.78 is 3.68. The Morgan fingerprint density at radius 1 is 1.16 bits per heavy atom. The highest BCUT2D eigenvalue weighted by molar-refractivity contribution is 7.97. The Hall–Kier alpha value is -0.445. The third-order valence-corrected chi connectivity index (χ3v) is 6.98. The molecule has 0 bridgehead atoms. The van der Waals surface area contributed by atoms with Crippen LogP contribution in [0.25, 0.3) is 0 Å². The first-order chi connectivity index (χ1) is 11.7. The van der Waals surface area contributed by atoms with Gasteiger partial charge in [0.25, 0.3) is 0 Å². The molecule has 1 aliphatic rings. The molecule has 0 unspecified atom stereocenters. The molecule has 2 nitrogen and oxygen atoms in total. The first-order valence-electron chi connectivity index (χ1n) is 9.84. The summed E-state index contributed by atoms with van der Waals surface area (Å²) in [6.07, 6.45) is 8.67. The third kappa shape index (κ3) is 6.04. The molecular weight excluding hydrogens is 325 g/mol. The number of aryl methyl sites for hydroxylation is 1. The van der Waals surface area contributed by atoms with Gasteiger partial charge in [-0.2, -0.15) is 0 Å². The lowest BCUT2D eigenvalue weighted by atomic mass is 9.56. The maximum Gasteiger partial charge on any atom is 0.152 e. The Morgan fingerprint density at radius 2 is 1.84 bits per heavy atom. The van der Waals surface area contributed by atoms with Crippen molar-refractivity contribution in [3.63, 3.8) is 0 Å². The first kappa shape index (κ1) is 20.9. The molecule has 1 aromatic carbocycles. The highest BCUT2D eigenvalue weighted by Gasteiger charge is 2.34. The van der Waals surface area contributed by atoms with E-state index in [4.69, 9.17) is 0 Å². The van der Waals surface area contributed by atoms with Crippen LogP contribution in [0.5, 0.6) is 0 Å². The van der Waals surface area contributed by atoms with E-state index in [9.17, 15) is 5.11 Å². The molecule has 0 heterocycles. The van der Waals surface area contributed by atoms with Gasteiger partial charge in [0.2, 0.25) is 0 Å². The van der Waals surface area contributed by atoms with Gasteiger partial charge in [-0.25, -0.2) is 0 Å². The van der Waals surface area contributed by atoms with Crippen LogP contribution in [-0.2, 0) is 6.42 Å². The van der Waals surface area contributed by atoms with Gasteiger partial charge in [0.15, 0.2) is 7.28 Å². The Bertz CT molecular complexity index is 547. The summed E-state index contributed by atoms with van der Waals surface area (Å²) >= 11 is 1.81. The van der Waals surface area contributed by atoms with Gasteiger partial charge in [-0.3, -0.25) is 4.72 Å². The van der Waals surface area contributed by atoms with E-state index in [0.29, 0.717) is 6.04 Å². The van der Waals surface area contributed by atoms with Crippen molar-refractivity contribution in [3.8, 4) is 0 Å². The van der Waals surface area contributed by atoms with Crippen molar-refractivity contribution in [2.24, 2.45) is 5.41 Å². The summed E-state index contributed by atoms with van der Waals surface area (Å²) in [5.41, 5.74) is 1.84. The van der Waals surface area contributed by atoms with E-state index in [-0.39, 0.29) is 5.41 Å². The minimum absolute atomic E-state index is 0.144. The quantitative estimate of drug-likeness (QED) is 0.520. The molecule has 25 heavy (non-hydrogen) atoms. The lowest BCUT2D eigenvalue weighted by Crippen LogP contribution is -2.40. The predicted molar refractivity (Wildman–Crippen MR) is 112 cm³/mol. The van der Waals surface area contributed by atoms with Crippen molar-refractivity contribution in [2.45, 2.75) is 96.0 Å². The summed E-state index contributed by atoms with van der Waals surface area (Å²) in [4.78, 5) is 1.35. The molecule has 0 spiro atoms.